The van der Waals surface area contributed by atoms with Crippen LogP contribution < -0.4 is 0 Å². The molecule has 0 heterocycles. The van der Waals surface area contributed by atoms with Crippen molar-refractivity contribution in [3.05, 3.63) is 0 Å². The highest BCUT2D eigenvalue weighted by atomic mass is 16.5. The van der Waals surface area contributed by atoms with Crippen LogP contribution in [0.1, 0.15) is 105 Å². The summed E-state index contributed by atoms with van der Waals surface area (Å²) in [7, 11) is 0. The van der Waals surface area contributed by atoms with Crippen LogP contribution in [0.4, 0.5) is 0 Å². The number of rotatable bonds is 20. The molecule has 0 spiro atoms. The van der Waals surface area contributed by atoms with Crippen molar-refractivity contribution in [2.75, 3.05) is 39.4 Å². The minimum absolute atomic E-state index is 0.0156. The number of unbranched alkanes of at least 4 members (excludes halogenated alkanes) is 8. The average molecular weight is 413 g/mol. The van der Waals surface area contributed by atoms with Gasteiger partial charge < -0.3 is 14.5 Å². The van der Waals surface area contributed by atoms with E-state index >= 15 is 0 Å². The lowest BCUT2D eigenvalue weighted by Gasteiger charge is -2.24. The van der Waals surface area contributed by atoms with Gasteiger partial charge in [-0.2, -0.15) is 0 Å². The third-order valence-electron chi connectivity index (χ3n) is 5.28. The van der Waals surface area contributed by atoms with Crippen LogP contribution in [-0.4, -0.2) is 61.0 Å². The molecule has 0 radical (unpaired) electrons. The van der Waals surface area contributed by atoms with Crippen molar-refractivity contribution >= 4 is 11.8 Å². The summed E-state index contributed by atoms with van der Waals surface area (Å²) in [6.45, 7) is 11.9. The molecule has 0 aliphatic heterocycles. The fourth-order valence-corrected chi connectivity index (χ4v) is 3.34. The first-order valence-corrected chi connectivity index (χ1v) is 12.2. The Balaban J connectivity index is 4.43. The van der Waals surface area contributed by atoms with Gasteiger partial charge >= 0.3 is 0 Å². The topological polar surface area (TPSA) is 49.9 Å². The van der Waals surface area contributed by atoms with Crippen molar-refractivity contribution in [2.24, 2.45) is 0 Å². The van der Waals surface area contributed by atoms with Gasteiger partial charge in [-0.3, -0.25) is 9.59 Å². The van der Waals surface area contributed by atoms with Crippen molar-refractivity contribution < 1.29 is 14.3 Å². The second-order valence-electron chi connectivity index (χ2n) is 8.08. The minimum Gasteiger partial charge on any atom is -0.362 e. The maximum atomic E-state index is 12.6. The monoisotopic (exact) mass is 412 g/mol. The van der Waals surface area contributed by atoms with Crippen LogP contribution in [0.25, 0.3) is 0 Å². The molecule has 0 fully saturated rings. The number of nitrogens with zero attached hydrogens (tertiary/aromatic N) is 2. The summed E-state index contributed by atoms with van der Waals surface area (Å²) >= 11 is 0. The van der Waals surface area contributed by atoms with Gasteiger partial charge in [-0.25, -0.2) is 0 Å². The van der Waals surface area contributed by atoms with Gasteiger partial charge in [-0.05, 0) is 25.7 Å². The molecule has 0 rings (SSSR count). The quantitative estimate of drug-likeness (QED) is 0.251. The van der Waals surface area contributed by atoms with E-state index in [1.54, 1.807) is 0 Å². The number of amides is 2. The van der Waals surface area contributed by atoms with E-state index in [9.17, 15) is 9.59 Å². The Kier molecular flexibility index (Phi) is 19.4. The van der Waals surface area contributed by atoms with Crippen molar-refractivity contribution in [3.63, 3.8) is 0 Å². The summed E-state index contributed by atoms with van der Waals surface area (Å²) in [5.74, 6) is 0.0436. The van der Waals surface area contributed by atoms with Crippen LogP contribution in [0, 0.1) is 0 Å². The number of hydrogen-bond acceptors (Lipinski definition) is 3. The second kappa shape index (κ2) is 20.2. The van der Waals surface area contributed by atoms with Crippen molar-refractivity contribution in [1.82, 2.24) is 9.80 Å². The van der Waals surface area contributed by atoms with E-state index in [2.05, 4.69) is 27.7 Å². The zero-order valence-corrected chi connectivity index (χ0v) is 19.8. The van der Waals surface area contributed by atoms with Crippen LogP contribution in [0.15, 0.2) is 0 Å². The van der Waals surface area contributed by atoms with Gasteiger partial charge in [-0.1, -0.05) is 79.1 Å². The van der Waals surface area contributed by atoms with Crippen LogP contribution in [0.2, 0.25) is 0 Å². The fourth-order valence-electron chi connectivity index (χ4n) is 3.34. The highest BCUT2D eigenvalue weighted by Gasteiger charge is 2.16. The Hall–Kier alpha value is -1.10. The number of carbonyl (C=O) groups excluding carboxylic acids is 2. The van der Waals surface area contributed by atoms with Gasteiger partial charge in [0.05, 0.1) is 0 Å². The first kappa shape index (κ1) is 27.9. The molecule has 2 amide bonds. The molecule has 0 aromatic heterocycles. The standard InChI is InChI=1S/C24H48N2O3/c1-5-9-13-17-25(18-14-10-6-2)23(27)21-29-22-24(28)26(19-15-11-7-3)20-16-12-8-4/h5-22H2,1-4H3. The maximum absolute atomic E-state index is 12.6. The molecule has 0 atom stereocenters. The van der Waals surface area contributed by atoms with Gasteiger partial charge in [0.2, 0.25) is 11.8 Å². The van der Waals surface area contributed by atoms with Crippen molar-refractivity contribution in [1.29, 1.82) is 0 Å². The Morgan fingerprint density at radius 2 is 0.793 bits per heavy atom. The Bertz CT molecular complexity index is 346. The summed E-state index contributed by atoms with van der Waals surface area (Å²) in [6.07, 6.45) is 13.3. The third-order valence-corrected chi connectivity index (χ3v) is 5.28. The molecule has 0 N–H and O–H groups in total. The first-order chi connectivity index (χ1) is 14.1. The molecular formula is C24H48N2O3. The highest BCUT2D eigenvalue weighted by molar-refractivity contribution is 5.79. The van der Waals surface area contributed by atoms with E-state index in [-0.39, 0.29) is 25.0 Å². The first-order valence-electron chi connectivity index (χ1n) is 12.2. The van der Waals surface area contributed by atoms with Gasteiger partial charge in [0, 0.05) is 26.2 Å². The van der Waals surface area contributed by atoms with E-state index in [0.717, 1.165) is 103 Å². The zero-order chi connectivity index (χ0) is 21.7. The number of ether oxygens (including phenoxy) is 1. The Labute approximate surface area is 180 Å². The van der Waals surface area contributed by atoms with Crippen molar-refractivity contribution in [3.8, 4) is 0 Å². The van der Waals surface area contributed by atoms with Crippen LogP contribution in [0.3, 0.4) is 0 Å². The summed E-state index contributed by atoms with van der Waals surface area (Å²) < 4.78 is 5.56. The van der Waals surface area contributed by atoms with Crippen molar-refractivity contribution in [2.45, 2.75) is 105 Å². The molecule has 0 aliphatic rings. The van der Waals surface area contributed by atoms with Crippen LogP contribution in [0.5, 0.6) is 0 Å². The fraction of sp³-hybridized carbons (Fsp3) is 0.917. The Morgan fingerprint density at radius 3 is 1.03 bits per heavy atom. The molecule has 0 aromatic rings. The summed E-state index contributed by atoms with van der Waals surface area (Å²) in [6, 6.07) is 0. The number of carbonyl (C=O) groups is 2. The molecule has 172 valence electrons. The predicted molar refractivity (Wildman–Crippen MR) is 122 cm³/mol. The molecule has 0 aromatic carbocycles. The molecule has 0 saturated carbocycles. The normalized spacial score (nSPS) is 10.9. The third kappa shape index (κ3) is 15.4. The van der Waals surface area contributed by atoms with Gasteiger partial charge in [0.15, 0.2) is 0 Å². The van der Waals surface area contributed by atoms with E-state index < -0.39 is 0 Å². The molecule has 0 saturated heterocycles. The molecule has 5 nitrogen and oxygen atoms in total. The molecule has 29 heavy (non-hydrogen) atoms. The Morgan fingerprint density at radius 1 is 0.517 bits per heavy atom. The van der Waals surface area contributed by atoms with Gasteiger partial charge in [-0.15, -0.1) is 0 Å². The van der Waals surface area contributed by atoms with E-state index in [1.807, 2.05) is 9.80 Å². The molecule has 0 bridgehead atoms. The smallest absolute Gasteiger partial charge is 0.248 e. The minimum atomic E-state index is 0.0156. The average Bonchev–Trinajstić information content (AvgIpc) is 2.71. The molecule has 0 unspecified atom stereocenters. The van der Waals surface area contributed by atoms with Crippen LogP contribution >= 0.6 is 0 Å². The van der Waals surface area contributed by atoms with E-state index in [0.29, 0.717) is 0 Å². The largest absolute Gasteiger partial charge is 0.362 e. The van der Waals surface area contributed by atoms with Gasteiger partial charge in [0.25, 0.3) is 0 Å². The lowest BCUT2D eigenvalue weighted by atomic mass is 10.2. The zero-order valence-electron chi connectivity index (χ0n) is 19.8. The molecular weight excluding hydrogens is 364 g/mol. The van der Waals surface area contributed by atoms with Crippen LogP contribution in [-0.2, 0) is 14.3 Å². The lowest BCUT2D eigenvalue weighted by molar-refractivity contribution is -0.142. The maximum Gasteiger partial charge on any atom is 0.248 e. The van der Waals surface area contributed by atoms with Gasteiger partial charge in [0.1, 0.15) is 13.2 Å². The summed E-state index contributed by atoms with van der Waals surface area (Å²) in [4.78, 5) is 29.0. The lowest BCUT2D eigenvalue weighted by Crippen LogP contribution is -2.39. The molecule has 5 heteroatoms. The predicted octanol–water partition coefficient (Wildman–Crippen LogP) is 5.42. The summed E-state index contributed by atoms with van der Waals surface area (Å²) in [5.41, 5.74) is 0. The number of hydrogen-bond donors (Lipinski definition) is 0. The van der Waals surface area contributed by atoms with E-state index in [1.165, 1.54) is 0 Å². The summed E-state index contributed by atoms with van der Waals surface area (Å²) in [5, 5.41) is 0. The second-order valence-corrected chi connectivity index (χ2v) is 8.08. The molecule has 0 aliphatic carbocycles. The highest BCUT2D eigenvalue weighted by Crippen LogP contribution is 2.06. The SMILES string of the molecule is CCCCCN(CCCCC)C(=O)COCC(=O)N(CCCCC)CCCCC. The van der Waals surface area contributed by atoms with E-state index in [4.69, 9.17) is 4.74 Å².